The molecule has 0 saturated heterocycles. The van der Waals surface area contributed by atoms with E-state index >= 15 is 0 Å². The van der Waals surface area contributed by atoms with Gasteiger partial charge in [0.15, 0.2) is 0 Å². The number of hydrogen-bond acceptors (Lipinski definition) is 3. The highest BCUT2D eigenvalue weighted by Gasteiger charge is 1.72. The van der Waals surface area contributed by atoms with Crippen molar-refractivity contribution in [3.8, 4) is 0 Å². The first kappa shape index (κ1) is 12.6. The first-order chi connectivity index (χ1) is 6.16. The van der Waals surface area contributed by atoms with Crippen molar-refractivity contribution in [2.24, 2.45) is 0 Å². The summed E-state index contributed by atoms with van der Waals surface area (Å²) in [6.45, 7) is 4.28. The lowest BCUT2D eigenvalue weighted by Gasteiger charge is -1.82. The maximum absolute atomic E-state index is 9.78. The minimum Gasteiger partial charge on any atom is -0.292 e. The van der Waals surface area contributed by atoms with Crippen LogP contribution in [0.5, 0.6) is 0 Å². The molecule has 0 radical (unpaired) electrons. The second-order valence-electron chi connectivity index (χ2n) is 2.30. The Kier molecular flexibility index (Phi) is 7.88. The predicted molar refractivity (Wildman–Crippen MR) is 59.7 cm³/mol. The Labute approximate surface area is 85.8 Å². The second-order valence-corrected chi connectivity index (χ2v) is 3.90. The quantitative estimate of drug-likeness (QED) is 0.768. The molecule has 0 spiro atoms. The predicted octanol–water partition coefficient (Wildman–Crippen LogP) is 1.88. The number of benzene rings is 1. The van der Waals surface area contributed by atoms with E-state index in [1.54, 1.807) is 6.92 Å². The van der Waals surface area contributed by atoms with Gasteiger partial charge >= 0.3 is 0 Å². The van der Waals surface area contributed by atoms with Gasteiger partial charge in [-0.25, -0.2) is 4.21 Å². The van der Waals surface area contributed by atoms with Crippen LogP contribution in [-0.2, 0) is 25.0 Å². The molecule has 2 nitrogen and oxygen atoms in total. The van der Waals surface area contributed by atoms with E-state index in [0.717, 1.165) is 0 Å². The van der Waals surface area contributed by atoms with Crippen LogP contribution in [0, 0.1) is 6.92 Å². The Balaban J connectivity index is 0.000000226. The molecule has 0 N–H and O–H groups in total. The van der Waals surface area contributed by atoms with Crippen molar-refractivity contribution < 1.29 is 8.39 Å². The third-order valence-electron chi connectivity index (χ3n) is 1.17. The lowest BCUT2D eigenvalue weighted by Crippen LogP contribution is -1.81. The van der Waals surface area contributed by atoms with Crippen molar-refractivity contribution in [3.05, 3.63) is 35.9 Å². The molecular weight excluding hydrogens is 204 g/mol. The van der Waals surface area contributed by atoms with Crippen molar-refractivity contribution in [2.45, 2.75) is 13.8 Å². The fraction of sp³-hybridized carbons (Fsp3) is 0.333. The van der Waals surface area contributed by atoms with E-state index in [9.17, 15) is 4.21 Å². The van der Waals surface area contributed by atoms with E-state index in [0.29, 0.717) is 6.61 Å². The van der Waals surface area contributed by atoms with Gasteiger partial charge in [-0.05, 0) is 13.8 Å². The second kappa shape index (κ2) is 8.16. The monoisotopic (exact) mass is 218 g/mol. The zero-order valence-corrected chi connectivity index (χ0v) is 9.48. The molecule has 1 rings (SSSR count). The molecule has 0 aromatic heterocycles. The summed E-state index contributed by atoms with van der Waals surface area (Å²) >= 11 is 4.17. The van der Waals surface area contributed by atoms with Gasteiger partial charge < -0.3 is 0 Å². The molecule has 4 heteroatoms. The summed E-state index contributed by atoms with van der Waals surface area (Å²) in [5.74, 6) is 0. The fourth-order valence-corrected chi connectivity index (χ4v) is 1.17. The van der Waals surface area contributed by atoms with Crippen molar-refractivity contribution in [3.63, 3.8) is 0 Å². The van der Waals surface area contributed by atoms with Crippen LogP contribution in [0.1, 0.15) is 12.5 Å². The van der Waals surface area contributed by atoms with Gasteiger partial charge in [0.25, 0.3) is 0 Å². The summed E-state index contributed by atoms with van der Waals surface area (Å²) in [4.78, 5) is 0. The van der Waals surface area contributed by atoms with Crippen LogP contribution in [0.15, 0.2) is 30.3 Å². The van der Waals surface area contributed by atoms with Crippen molar-refractivity contribution in [1.29, 1.82) is 0 Å². The van der Waals surface area contributed by atoms with Crippen LogP contribution < -0.4 is 0 Å². The maximum Gasteiger partial charge on any atom is 0.133 e. The van der Waals surface area contributed by atoms with Gasteiger partial charge in [0.2, 0.25) is 0 Å². The largest absolute Gasteiger partial charge is 0.292 e. The maximum atomic E-state index is 9.78. The van der Waals surface area contributed by atoms with Crippen LogP contribution in [0.2, 0.25) is 0 Å². The molecule has 0 fully saturated rings. The van der Waals surface area contributed by atoms with Gasteiger partial charge in [0.05, 0.1) is 6.61 Å². The summed E-state index contributed by atoms with van der Waals surface area (Å²) < 4.78 is 14.2. The van der Waals surface area contributed by atoms with E-state index in [-0.39, 0.29) is 0 Å². The number of thiol groups is 1. The molecule has 74 valence electrons. The Morgan fingerprint density at radius 2 is 1.92 bits per heavy atom. The van der Waals surface area contributed by atoms with Gasteiger partial charge in [-0.1, -0.05) is 35.9 Å². The lowest BCUT2D eigenvalue weighted by molar-refractivity contribution is 0.382. The third-order valence-corrected chi connectivity index (χ3v) is 1.96. The molecule has 0 aliphatic carbocycles. The van der Waals surface area contributed by atoms with Crippen LogP contribution in [0.4, 0.5) is 0 Å². The molecule has 0 aliphatic heterocycles. The number of rotatable bonds is 2. The Morgan fingerprint density at radius 1 is 1.38 bits per heavy atom. The molecule has 13 heavy (non-hydrogen) atoms. The van der Waals surface area contributed by atoms with E-state index < -0.39 is 9.64 Å². The van der Waals surface area contributed by atoms with E-state index in [2.05, 4.69) is 34.4 Å². The smallest absolute Gasteiger partial charge is 0.133 e. The molecule has 0 bridgehead atoms. The molecule has 0 amide bonds. The highest BCUT2D eigenvalue weighted by molar-refractivity contribution is 8.19. The minimum atomic E-state index is -1.77. The third kappa shape index (κ3) is 9.46. The SMILES string of the molecule is CCO[SH](=O)=S.Cc1ccccc1. The highest BCUT2D eigenvalue weighted by Crippen LogP contribution is 1.92. The van der Waals surface area contributed by atoms with Crippen molar-refractivity contribution in [2.75, 3.05) is 6.61 Å². The Morgan fingerprint density at radius 3 is 2.08 bits per heavy atom. The van der Waals surface area contributed by atoms with Gasteiger partial charge in [-0.15, -0.1) is 0 Å². The van der Waals surface area contributed by atoms with Gasteiger partial charge in [0, 0.05) is 11.2 Å². The lowest BCUT2D eigenvalue weighted by atomic mass is 10.2. The average Bonchev–Trinajstić information content (AvgIpc) is 2.06. The van der Waals surface area contributed by atoms with Crippen LogP contribution in [-0.4, -0.2) is 10.8 Å². The first-order valence-electron chi connectivity index (χ1n) is 3.95. The van der Waals surface area contributed by atoms with Gasteiger partial charge in [-0.3, -0.25) is 4.18 Å². The molecule has 1 aromatic carbocycles. The summed E-state index contributed by atoms with van der Waals surface area (Å²) in [7, 11) is -1.77. The molecule has 1 unspecified atom stereocenters. The zero-order valence-electron chi connectivity index (χ0n) is 7.77. The Bertz CT molecular complexity index is 273. The first-order valence-corrected chi connectivity index (χ1v) is 6.15. The van der Waals surface area contributed by atoms with Gasteiger partial charge in [-0.2, -0.15) is 0 Å². The van der Waals surface area contributed by atoms with E-state index in [1.807, 2.05) is 18.2 Å². The molecular formula is C9H14O2S2. The van der Waals surface area contributed by atoms with Gasteiger partial charge in [0.1, 0.15) is 9.64 Å². The summed E-state index contributed by atoms with van der Waals surface area (Å²) in [6, 6.07) is 10.3. The normalized spacial score (nSPS) is 11.2. The van der Waals surface area contributed by atoms with E-state index in [1.165, 1.54) is 5.56 Å². The molecule has 0 aliphatic rings. The molecule has 1 aromatic rings. The molecule has 1 atom stereocenters. The van der Waals surface area contributed by atoms with E-state index in [4.69, 9.17) is 0 Å². The molecule has 0 heterocycles. The van der Waals surface area contributed by atoms with Crippen LogP contribution >= 0.6 is 0 Å². The summed E-state index contributed by atoms with van der Waals surface area (Å²) in [6.07, 6.45) is 0. The van der Waals surface area contributed by atoms with Crippen molar-refractivity contribution >= 4 is 20.8 Å². The summed E-state index contributed by atoms with van der Waals surface area (Å²) in [5.41, 5.74) is 1.32. The zero-order chi connectivity index (χ0) is 10.1. The molecule has 0 saturated carbocycles. The van der Waals surface area contributed by atoms with Crippen LogP contribution in [0.3, 0.4) is 0 Å². The number of aryl methyl sites for hydroxylation is 1. The topological polar surface area (TPSA) is 26.3 Å². The van der Waals surface area contributed by atoms with Crippen LogP contribution in [0.25, 0.3) is 0 Å². The standard InChI is InChI=1S/C7H8.C2H6O2S2/c1-7-5-3-2-4-6-7;1-2-4-6(3)5/h2-6H,1H3;6H,2H2,1H3. The average molecular weight is 218 g/mol. The highest BCUT2D eigenvalue weighted by atomic mass is 32.8. The Hall–Kier alpha value is -0.450. The minimum absolute atomic E-state index is 0.443. The summed E-state index contributed by atoms with van der Waals surface area (Å²) in [5, 5.41) is 0. The number of hydrogen-bond donors (Lipinski definition) is 1. The van der Waals surface area contributed by atoms with Crippen molar-refractivity contribution in [1.82, 2.24) is 0 Å². The fourth-order valence-electron chi connectivity index (χ4n) is 0.640.